The molecule has 0 aromatic heterocycles. The Hall–Kier alpha value is -0.790. The zero-order valence-electron chi connectivity index (χ0n) is 9.24. The summed E-state index contributed by atoms with van der Waals surface area (Å²) in [4.78, 5) is 6.94. The van der Waals surface area contributed by atoms with Crippen molar-refractivity contribution in [2.24, 2.45) is 10.9 Å². The lowest BCUT2D eigenvalue weighted by Crippen LogP contribution is -2.38. The molecule has 1 saturated carbocycles. The van der Waals surface area contributed by atoms with E-state index in [2.05, 4.69) is 29.9 Å². The van der Waals surface area contributed by atoms with Gasteiger partial charge in [0.15, 0.2) is 0 Å². The summed E-state index contributed by atoms with van der Waals surface area (Å²) in [6.07, 6.45) is 11.4. The first-order valence-electron chi connectivity index (χ1n) is 5.72. The predicted molar refractivity (Wildman–Crippen MR) is 60.4 cm³/mol. The molecule has 0 N–H and O–H groups in total. The van der Waals surface area contributed by atoms with Gasteiger partial charge < -0.3 is 4.90 Å². The smallest absolute Gasteiger partial charge is 0.123 e. The minimum atomic E-state index is 0.417. The van der Waals surface area contributed by atoms with E-state index in [9.17, 15) is 0 Å². The number of hydrogen-bond donors (Lipinski definition) is 0. The highest BCUT2D eigenvalue weighted by atomic mass is 15.2. The van der Waals surface area contributed by atoms with Crippen LogP contribution in [0.25, 0.3) is 0 Å². The quantitative estimate of drug-likeness (QED) is 0.623. The number of aliphatic imine (C=N–C) groups is 1. The van der Waals surface area contributed by atoms with Crippen LogP contribution in [0.2, 0.25) is 0 Å². The molecule has 14 heavy (non-hydrogen) atoms. The fourth-order valence-corrected chi connectivity index (χ4v) is 2.54. The number of nitrogens with zero attached hydrogens (tertiary/aromatic N) is 2. The van der Waals surface area contributed by atoms with Crippen LogP contribution in [0.1, 0.15) is 39.0 Å². The zero-order chi connectivity index (χ0) is 9.97. The van der Waals surface area contributed by atoms with Crippen LogP contribution < -0.4 is 0 Å². The highest BCUT2D eigenvalue weighted by Crippen LogP contribution is 2.31. The van der Waals surface area contributed by atoms with Crippen LogP contribution in [-0.2, 0) is 0 Å². The summed E-state index contributed by atoms with van der Waals surface area (Å²) < 4.78 is 0. The Morgan fingerprint density at radius 3 is 2.71 bits per heavy atom. The highest BCUT2D eigenvalue weighted by molar-refractivity contribution is 5.73. The Balaban J connectivity index is 2.03. The van der Waals surface area contributed by atoms with Gasteiger partial charge in [0.05, 0.1) is 0 Å². The van der Waals surface area contributed by atoms with E-state index in [-0.39, 0.29) is 0 Å². The molecule has 0 radical (unpaired) electrons. The van der Waals surface area contributed by atoms with Gasteiger partial charge in [-0.3, -0.25) is 4.99 Å². The van der Waals surface area contributed by atoms with E-state index >= 15 is 0 Å². The molecule has 78 valence electrons. The Morgan fingerprint density at radius 2 is 2.00 bits per heavy atom. The second-order valence-corrected chi connectivity index (χ2v) is 4.53. The third-order valence-corrected chi connectivity index (χ3v) is 3.58. The van der Waals surface area contributed by atoms with Crippen molar-refractivity contribution in [2.75, 3.05) is 7.05 Å². The Labute approximate surface area is 86.7 Å². The monoisotopic (exact) mass is 192 g/mol. The fourth-order valence-electron chi connectivity index (χ4n) is 2.54. The second kappa shape index (κ2) is 4.16. The molecule has 2 aliphatic rings. The lowest BCUT2D eigenvalue weighted by molar-refractivity contribution is 0.181. The molecule has 1 aliphatic carbocycles. The number of hydrogen-bond acceptors (Lipinski definition) is 2. The molecule has 2 rings (SSSR count). The van der Waals surface area contributed by atoms with Crippen LogP contribution in [-0.4, -0.2) is 24.3 Å². The lowest BCUT2D eigenvalue weighted by Gasteiger charge is -2.37. The van der Waals surface area contributed by atoms with Crippen molar-refractivity contribution in [3.63, 3.8) is 0 Å². The van der Waals surface area contributed by atoms with Crippen LogP contribution in [0.4, 0.5) is 0 Å². The van der Waals surface area contributed by atoms with Crippen LogP contribution in [0.5, 0.6) is 0 Å². The first-order chi connectivity index (χ1) is 6.79. The molecule has 0 saturated heterocycles. The molecule has 0 aromatic carbocycles. The molecule has 0 bridgehead atoms. The van der Waals surface area contributed by atoms with Gasteiger partial charge in [-0.25, -0.2) is 0 Å². The van der Waals surface area contributed by atoms with E-state index in [0.29, 0.717) is 6.17 Å². The van der Waals surface area contributed by atoms with E-state index in [0.717, 1.165) is 5.92 Å². The van der Waals surface area contributed by atoms with Crippen LogP contribution in [0.15, 0.2) is 16.8 Å². The summed E-state index contributed by atoms with van der Waals surface area (Å²) in [5, 5.41) is 0. The van der Waals surface area contributed by atoms with E-state index in [1.54, 1.807) is 0 Å². The van der Waals surface area contributed by atoms with E-state index in [4.69, 9.17) is 0 Å². The maximum atomic E-state index is 4.61. The molecule has 1 unspecified atom stereocenters. The van der Waals surface area contributed by atoms with E-state index < -0.39 is 0 Å². The lowest BCUT2D eigenvalue weighted by atomic mass is 9.86. The normalized spacial score (nSPS) is 29.1. The summed E-state index contributed by atoms with van der Waals surface area (Å²) in [6, 6.07) is 0. The Kier molecular flexibility index (Phi) is 2.90. The Bertz CT molecular complexity index is 249. The molecule has 0 aromatic rings. The third-order valence-electron chi connectivity index (χ3n) is 3.58. The summed E-state index contributed by atoms with van der Waals surface area (Å²) in [5.74, 6) is 0.786. The third kappa shape index (κ3) is 1.84. The summed E-state index contributed by atoms with van der Waals surface area (Å²) in [7, 11) is 2.17. The minimum absolute atomic E-state index is 0.417. The van der Waals surface area contributed by atoms with Gasteiger partial charge in [-0.05, 0) is 31.8 Å². The van der Waals surface area contributed by atoms with Crippen molar-refractivity contribution in [1.29, 1.82) is 0 Å². The van der Waals surface area contributed by atoms with Crippen LogP contribution >= 0.6 is 0 Å². The first-order valence-corrected chi connectivity index (χ1v) is 5.72. The Morgan fingerprint density at radius 1 is 1.29 bits per heavy atom. The first kappa shape index (κ1) is 9.75. The largest absolute Gasteiger partial charge is 0.356 e. The maximum Gasteiger partial charge on any atom is 0.123 e. The zero-order valence-corrected chi connectivity index (χ0v) is 9.24. The molecule has 0 amide bonds. The van der Waals surface area contributed by atoms with Gasteiger partial charge in [-0.15, -0.1) is 0 Å². The van der Waals surface area contributed by atoms with Crippen molar-refractivity contribution in [2.45, 2.75) is 45.2 Å². The SMILES string of the molecule is CC1=CC=NC(C2CCCCC2)N1C. The molecule has 0 spiro atoms. The van der Waals surface area contributed by atoms with E-state index in [1.807, 2.05) is 6.21 Å². The van der Waals surface area contributed by atoms with Crippen molar-refractivity contribution in [3.05, 3.63) is 11.8 Å². The van der Waals surface area contributed by atoms with Crippen LogP contribution in [0.3, 0.4) is 0 Å². The topological polar surface area (TPSA) is 15.6 Å². The average Bonchev–Trinajstić information content (AvgIpc) is 2.23. The minimum Gasteiger partial charge on any atom is -0.356 e. The van der Waals surface area contributed by atoms with Crippen molar-refractivity contribution >= 4 is 6.21 Å². The van der Waals surface area contributed by atoms with Gasteiger partial charge in [0.1, 0.15) is 6.17 Å². The molecule has 1 aliphatic heterocycles. The molecule has 1 heterocycles. The molecule has 1 fully saturated rings. The van der Waals surface area contributed by atoms with Gasteiger partial charge in [0.25, 0.3) is 0 Å². The number of allylic oxidation sites excluding steroid dienone is 2. The van der Waals surface area contributed by atoms with Gasteiger partial charge in [0, 0.05) is 19.0 Å². The predicted octanol–water partition coefficient (Wildman–Crippen LogP) is 2.81. The standard InChI is InChI=1S/C12H20N2/c1-10-8-9-13-12(14(10)2)11-6-4-3-5-7-11/h8-9,11-12H,3-7H2,1-2H3. The van der Waals surface area contributed by atoms with Gasteiger partial charge >= 0.3 is 0 Å². The van der Waals surface area contributed by atoms with Crippen molar-refractivity contribution in [3.8, 4) is 0 Å². The fraction of sp³-hybridized carbons (Fsp3) is 0.750. The average molecular weight is 192 g/mol. The molecule has 2 nitrogen and oxygen atoms in total. The van der Waals surface area contributed by atoms with Crippen LogP contribution in [0, 0.1) is 5.92 Å². The van der Waals surface area contributed by atoms with Gasteiger partial charge in [0.2, 0.25) is 0 Å². The van der Waals surface area contributed by atoms with Gasteiger partial charge in [-0.1, -0.05) is 19.3 Å². The number of rotatable bonds is 1. The van der Waals surface area contributed by atoms with E-state index in [1.165, 1.54) is 37.8 Å². The molecular weight excluding hydrogens is 172 g/mol. The maximum absolute atomic E-state index is 4.61. The summed E-state index contributed by atoms with van der Waals surface area (Å²) in [6.45, 7) is 2.17. The summed E-state index contributed by atoms with van der Waals surface area (Å²) >= 11 is 0. The highest BCUT2D eigenvalue weighted by Gasteiger charge is 2.27. The molecule has 2 heteroatoms. The van der Waals surface area contributed by atoms with Gasteiger partial charge in [-0.2, -0.15) is 0 Å². The molecule has 1 atom stereocenters. The summed E-state index contributed by atoms with van der Waals surface area (Å²) in [5.41, 5.74) is 1.34. The second-order valence-electron chi connectivity index (χ2n) is 4.53. The molecular formula is C12H20N2. The van der Waals surface area contributed by atoms with Crippen molar-refractivity contribution in [1.82, 2.24) is 4.90 Å². The van der Waals surface area contributed by atoms with Crippen molar-refractivity contribution < 1.29 is 0 Å².